The number of nitrogens with one attached hydrogen (secondary N) is 2. The number of sulfone groups is 1. The largest absolute Gasteiger partial charge is 0.368 e. The summed E-state index contributed by atoms with van der Waals surface area (Å²) < 4.78 is 23.4. The molecule has 1 atom stereocenters. The summed E-state index contributed by atoms with van der Waals surface area (Å²) in [6, 6.07) is 0. The third-order valence-corrected chi connectivity index (χ3v) is 5.46. The highest BCUT2D eigenvalue weighted by Crippen LogP contribution is 2.22. The minimum Gasteiger partial charge on any atom is -0.368 e. The molecule has 8 heteroatoms. The molecule has 100 valence electrons. The van der Waals surface area contributed by atoms with E-state index in [1.807, 2.05) is 6.92 Å². The average molecular weight is 271 g/mol. The molecule has 2 rings (SSSR count). The fourth-order valence-corrected chi connectivity index (χ4v) is 3.84. The maximum absolute atomic E-state index is 11.7. The molecule has 1 unspecified atom stereocenters. The SMILES string of the molecule is Cc1c(NN)ncnc1NCC1CCCS1(=O)=O. The number of hydrogen-bond acceptors (Lipinski definition) is 7. The van der Waals surface area contributed by atoms with Crippen molar-refractivity contribution < 1.29 is 8.42 Å². The summed E-state index contributed by atoms with van der Waals surface area (Å²) in [5.74, 6) is 6.75. The molecule has 0 bridgehead atoms. The highest BCUT2D eigenvalue weighted by molar-refractivity contribution is 7.92. The summed E-state index contributed by atoms with van der Waals surface area (Å²) in [6.45, 7) is 2.20. The topological polar surface area (TPSA) is 110 Å². The molecule has 7 nitrogen and oxygen atoms in total. The van der Waals surface area contributed by atoms with Crippen molar-refractivity contribution in [1.29, 1.82) is 0 Å². The Morgan fingerprint density at radius 3 is 2.78 bits per heavy atom. The van der Waals surface area contributed by atoms with Crippen molar-refractivity contribution in [2.45, 2.75) is 25.0 Å². The number of anilines is 2. The fourth-order valence-electron chi connectivity index (χ4n) is 2.07. The van der Waals surface area contributed by atoms with Gasteiger partial charge in [0.2, 0.25) is 0 Å². The van der Waals surface area contributed by atoms with E-state index in [1.165, 1.54) is 6.33 Å². The Labute approximate surface area is 106 Å². The number of aromatic nitrogens is 2. The first-order valence-electron chi connectivity index (χ1n) is 5.78. The van der Waals surface area contributed by atoms with Gasteiger partial charge in [-0.05, 0) is 19.8 Å². The molecular formula is C10H17N5O2S. The van der Waals surface area contributed by atoms with Crippen molar-refractivity contribution in [2.24, 2.45) is 5.84 Å². The highest BCUT2D eigenvalue weighted by atomic mass is 32.2. The van der Waals surface area contributed by atoms with Gasteiger partial charge < -0.3 is 10.7 Å². The summed E-state index contributed by atoms with van der Waals surface area (Å²) >= 11 is 0. The van der Waals surface area contributed by atoms with Gasteiger partial charge in [-0.25, -0.2) is 24.2 Å². The van der Waals surface area contributed by atoms with Crippen LogP contribution in [0.1, 0.15) is 18.4 Å². The standard InChI is InChI=1S/C10H17N5O2S/c1-7-9(13-6-14-10(7)15-11)12-5-8-3-2-4-18(8,16)17/h6,8H,2-5,11H2,1H3,(H2,12,13,14,15). The van der Waals surface area contributed by atoms with Gasteiger partial charge in [-0.1, -0.05) is 0 Å². The lowest BCUT2D eigenvalue weighted by molar-refractivity contribution is 0.591. The van der Waals surface area contributed by atoms with Gasteiger partial charge in [-0.3, -0.25) is 0 Å². The van der Waals surface area contributed by atoms with Crippen LogP contribution in [0.5, 0.6) is 0 Å². The second kappa shape index (κ2) is 5.07. The van der Waals surface area contributed by atoms with Crippen LogP contribution in [-0.2, 0) is 9.84 Å². The van der Waals surface area contributed by atoms with Crippen molar-refractivity contribution in [1.82, 2.24) is 9.97 Å². The van der Waals surface area contributed by atoms with E-state index in [4.69, 9.17) is 5.84 Å². The first-order valence-corrected chi connectivity index (χ1v) is 7.50. The third kappa shape index (κ3) is 2.54. The van der Waals surface area contributed by atoms with Crippen molar-refractivity contribution in [2.75, 3.05) is 23.0 Å². The average Bonchev–Trinajstić information content (AvgIpc) is 2.67. The van der Waals surface area contributed by atoms with Gasteiger partial charge >= 0.3 is 0 Å². The predicted octanol–water partition coefficient (Wildman–Crippen LogP) is 0.0597. The van der Waals surface area contributed by atoms with E-state index in [-0.39, 0.29) is 11.0 Å². The lowest BCUT2D eigenvalue weighted by Gasteiger charge is -2.14. The maximum Gasteiger partial charge on any atom is 0.154 e. The molecule has 1 aliphatic rings. The van der Waals surface area contributed by atoms with Gasteiger partial charge in [0.1, 0.15) is 18.0 Å². The van der Waals surface area contributed by atoms with Crippen molar-refractivity contribution >= 4 is 21.5 Å². The van der Waals surface area contributed by atoms with Crippen LogP contribution in [0.15, 0.2) is 6.33 Å². The molecule has 0 spiro atoms. The van der Waals surface area contributed by atoms with E-state index >= 15 is 0 Å². The second-order valence-electron chi connectivity index (χ2n) is 4.35. The zero-order valence-corrected chi connectivity index (χ0v) is 11.0. The van der Waals surface area contributed by atoms with Gasteiger partial charge in [0.15, 0.2) is 9.84 Å². The number of hydrogen-bond donors (Lipinski definition) is 3. The van der Waals surface area contributed by atoms with Crippen molar-refractivity contribution in [3.05, 3.63) is 11.9 Å². The molecule has 1 aromatic heterocycles. The van der Waals surface area contributed by atoms with E-state index in [9.17, 15) is 8.42 Å². The molecule has 0 radical (unpaired) electrons. The molecule has 4 N–H and O–H groups in total. The summed E-state index contributed by atoms with van der Waals surface area (Å²) in [6.07, 6.45) is 2.84. The number of nitrogen functional groups attached to an aromatic ring is 1. The zero-order chi connectivity index (χ0) is 13.2. The quantitative estimate of drug-likeness (QED) is 0.524. The normalized spacial score (nSPS) is 21.8. The molecule has 1 saturated heterocycles. The van der Waals surface area contributed by atoms with Gasteiger partial charge in [-0.2, -0.15) is 0 Å². The number of rotatable bonds is 4. The van der Waals surface area contributed by atoms with Crippen LogP contribution in [-0.4, -0.2) is 35.9 Å². The van der Waals surface area contributed by atoms with E-state index < -0.39 is 9.84 Å². The van der Waals surface area contributed by atoms with Gasteiger partial charge in [0.05, 0.1) is 11.0 Å². The lowest BCUT2D eigenvalue weighted by atomic mass is 10.2. The lowest BCUT2D eigenvalue weighted by Crippen LogP contribution is -2.26. The smallest absolute Gasteiger partial charge is 0.154 e. The van der Waals surface area contributed by atoms with Crippen LogP contribution in [0.3, 0.4) is 0 Å². The monoisotopic (exact) mass is 271 g/mol. The second-order valence-corrected chi connectivity index (χ2v) is 6.75. The van der Waals surface area contributed by atoms with Crippen LogP contribution in [0, 0.1) is 6.92 Å². The Hall–Kier alpha value is -1.41. The summed E-state index contributed by atoms with van der Waals surface area (Å²) in [4.78, 5) is 8.04. The van der Waals surface area contributed by atoms with Crippen molar-refractivity contribution in [3.63, 3.8) is 0 Å². The van der Waals surface area contributed by atoms with Gasteiger partial charge in [-0.15, -0.1) is 0 Å². The highest BCUT2D eigenvalue weighted by Gasteiger charge is 2.31. The van der Waals surface area contributed by atoms with Crippen molar-refractivity contribution in [3.8, 4) is 0 Å². The first kappa shape index (κ1) is 13.0. The molecule has 0 aliphatic carbocycles. The molecule has 0 aromatic carbocycles. The van der Waals surface area contributed by atoms with Crippen LogP contribution < -0.4 is 16.6 Å². The Morgan fingerprint density at radius 2 is 2.17 bits per heavy atom. The summed E-state index contributed by atoms with van der Waals surface area (Å²) in [5, 5.41) is 2.74. The third-order valence-electron chi connectivity index (χ3n) is 3.18. The number of nitrogens with zero attached hydrogens (tertiary/aromatic N) is 2. The van der Waals surface area contributed by atoms with Crippen LogP contribution in [0.2, 0.25) is 0 Å². The number of nitrogens with two attached hydrogens (primary N) is 1. The van der Waals surface area contributed by atoms with E-state index in [0.717, 1.165) is 12.0 Å². The Morgan fingerprint density at radius 1 is 1.44 bits per heavy atom. The van der Waals surface area contributed by atoms with Crippen LogP contribution >= 0.6 is 0 Å². The van der Waals surface area contributed by atoms with Crippen LogP contribution in [0.25, 0.3) is 0 Å². The minimum absolute atomic E-state index is 0.289. The zero-order valence-electron chi connectivity index (χ0n) is 10.2. The minimum atomic E-state index is -2.93. The first-order chi connectivity index (χ1) is 8.54. The van der Waals surface area contributed by atoms with Gasteiger partial charge in [0.25, 0.3) is 0 Å². The van der Waals surface area contributed by atoms with E-state index in [1.54, 1.807) is 0 Å². The maximum atomic E-state index is 11.7. The Balaban J connectivity index is 2.07. The summed E-state index contributed by atoms with van der Waals surface area (Å²) in [5.41, 5.74) is 3.24. The molecule has 1 aliphatic heterocycles. The molecule has 2 heterocycles. The fraction of sp³-hybridized carbons (Fsp3) is 0.600. The number of hydrazine groups is 1. The molecule has 0 amide bonds. The Bertz CT molecular complexity index is 531. The summed E-state index contributed by atoms with van der Waals surface area (Å²) in [7, 11) is -2.93. The van der Waals surface area contributed by atoms with E-state index in [0.29, 0.717) is 24.6 Å². The molecule has 1 aromatic rings. The van der Waals surface area contributed by atoms with Gasteiger partial charge in [0, 0.05) is 12.1 Å². The molecular weight excluding hydrogens is 254 g/mol. The molecule has 0 saturated carbocycles. The Kier molecular flexibility index (Phi) is 3.67. The van der Waals surface area contributed by atoms with E-state index in [2.05, 4.69) is 20.7 Å². The van der Waals surface area contributed by atoms with Crippen LogP contribution in [0.4, 0.5) is 11.6 Å². The molecule has 18 heavy (non-hydrogen) atoms. The predicted molar refractivity (Wildman–Crippen MR) is 69.9 cm³/mol. The molecule has 1 fully saturated rings.